The summed E-state index contributed by atoms with van der Waals surface area (Å²) in [5.41, 5.74) is 3.04. The number of likely N-dealkylation sites (tertiary alicyclic amines) is 1. The second kappa shape index (κ2) is 20.7. The van der Waals surface area contributed by atoms with Crippen LogP contribution in [0.1, 0.15) is 113 Å². The fourth-order valence-electron chi connectivity index (χ4n) is 12.1. The first kappa shape index (κ1) is 51.8. The number of para-hydroxylation sites is 1. The minimum absolute atomic E-state index is 0.00506. The summed E-state index contributed by atoms with van der Waals surface area (Å²) < 4.78 is 37.6. The maximum Gasteiger partial charge on any atom is 0.328 e. The van der Waals surface area contributed by atoms with Crippen molar-refractivity contribution in [3.05, 3.63) is 65.6 Å². The van der Waals surface area contributed by atoms with E-state index in [1.54, 1.807) is 51.0 Å². The third-order valence-electron chi connectivity index (χ3n) is 15.3. The van der Waals surface area contributed by atoms with E-state index in [-0.39, 0.29) is 42.7 Å². The molecule has 4 saturated carbocycles. The SMILES string of the molecule is COC(=O)[C@@H]1C[C@@H](O)CN1C(=O)[C@@H](NC(=O)CCCCCS(=O)(=O)NC(=O)c1nc(N(C)c2cc(C)c(Nc3nc4ccccc4s3)nn2)ccc1-c1cnn(CC23CC4CC(CC(C4)C2)C3)c1C)C(C)(C)C. The van der Waals surface area contributed by atoms with Crippen molar-refractivity contribution in [3.8, 4) is 11.1 Å². The van der Waals surface area contributed by atoms with Crippen LogP contribution in [-0.2, 0) is 35.7 Å². The van der Waals surface area contributed by atoms with Crippen molar-refractivity contribution in [1.29, 1.82) is 0 Å². The molecule has 10 rings (SSSR count). The molecule has 5 heterocycles. The van der Waals surface area contributed by atoms with E-state index in [1.807, 2.05) is 44.2 Å². The van der Waals surface area contributed by atoms with Crippen molar-refractivity contribution in [1.82, 2.24) is 44.9 Å². The normalized spacial score (nSPS) is 22.8. The number of carbonyl (C=O) groups excluding carboxylic acids is 4. The minimum atomic E-state index is -4.19. The number of esters is 1. The number of thiazole rings is 1. The topological polar surface area (TPSA) is 244 Å². The molecule has 73 heavy (non-hydrogen) atoms. The smallest absolute Gasteiger partial charge is 0.328 e. The Hall–Kier alpha value is -6.06. The number of carbonyl (C=O) groups is 4. The van der Waals surface area contributed by atoms with Gasteiger partial charge in [-0.3, -0.25) is 19.1 Å². The zero-order valence-electron chi connectivity index (χ0n) is 42.7. The van der Waals surface area contributed by atoms with Gasteiger partial charge in [-0.25, -0.2) is 27.9 Å². The first-order valence-corrected chi connectivity index (χ1v) is 27.8. The highest BCUT2D eigenvalue weighted by molar-refractivity contribution is 7.90. The number of hydrogen-bond acceptors (Lipinski definition) is 16. The zero-order valence-corrected chi connectivity index (χ0v) is 44.3. The third kappa shape index (κ3) is 11.4. The number of aliphatic hydroxyl groups excluding tert-OH is 1. The third-order valence-corrected chi connectivity index (χ3v) is 17.6. The van der Waals surface area contributed by atoms with Gasteiger partial charge in [0.25, 0.3) is 5.91 Å². The molecule has 1 aliphatic heterocycles. The molecule has 5 aliphatic rings. The van der Waals surface area contributed by atoms with Crippen LogP contribution in [0, 0.1) is 42.4 Å². The molecule has 4 aromatic heterocycles. The molecular weight excluding hydrogens is 971 g/mol. The number of unbranched alkanes of at least 4 members (excludes halogenated alkanes) is 2. The van der Waals surface area contributed by atoms with Crippen molar-refractivity contribution >= 4 is 77.9 Å². The van der Waals surface area contributed by atoms with Gasteiger partial charge in [-0.1, -0.05) is 50.7 Å². The number of aryl methyl sites for hydroxylation is 1. The number of hydrogen-bond donors (Lipinski definition) is 4. The number of amides is 3. The number of benzene rings is 1. The highest BCUT2D eigenvalue weighted by atomic mass is 32.2. The van der Waals surface area contributed by atoms with Gasteiger partial charge in [0.2, 0.25) is 21.8 Å². The molecule has 1 saturated heterocycles. The molecule has 3 atom stereocenters. The lowest BCUT2D eigenvalue weighted by molar-refractivity contribution is -0.153. The van der Waals surface area contributed by atoms with Gasteiger partial charge in [-0.05, 0) is 130 Å². The molecule has 0 radical (unpaired) electrons. The molecule has 390 valence electrons. The molecule has 5 fully saturated rings. The first-order chi connectivity index (χ1) is 34.7. The van der Waals surface area contributed by atoms with Gasteiger partial charge in [0, 0.05) is 49.8 Å². The lowest BCUT2D eigenvalue weighted by Gasteiger charge is -2.56. The number of β-amino-alcohol motifs (C(OH)–C–C–N with tert-alkyl or cyclic N) is 1. The van der Waals surface area contributed by atoms with Gasteiger partial charge >= 0.3 is 5.97 Å². The number of nitrogens with one attached hydrogen (secondary N) is 3. The molecule has 4 bridgehead atoms. The molecular formula is C52H67N11O8S2. The number of sulfonamides is 1. The van der Waals surface area contributed by atoms with E-state index in [0.717, 1.165) is 45.8 Å². The first-order valence-electron chi connectivity index (χ1n) is 25.3. The second-order valence-electron chi connectivity index (χ2n) is 22.0. The van der Waals surface area contributed by atoms with Gasteiger partial charge in [0.15, 0.2) is 16.8 Å². The fraction of sp³-hybridized carbons (Fsp3) is 0.558. The summed E-state index contributed by atoms with van der Waals surface area (Å²) in [7, 11) is -1.22. The van der Waals surface area contributed by atoms with Crippen molar-refractivity contribution in [2.75, 3.05) is 36.7 Å². The summed E-state index contributed by atoms with van der Waals surface area (Å²) in [6.07, 6.45) is 9.30. The van der Waals surface area contributed by atoms with Gasteiger partial charge in [-0.15, -0.1) is 10.2 Å². The second-order valence-corrected chi connectivity index (χ2v) is 24.9. The molecule has 1 aromatic carbocycles. The largest absolute Gasteiger partial charge is 0.467 e. The molecule has 19 nitrogen and oxygen atoms in total. The Labute approximate surface area is 430 Å². The summed E-state index contributed by atoms with van der Waals surface area (Å²) in [5, 5.41) is 30.9. The van der Waals surface area contributed by atoms with Crippen LogP contribution < -0.4 is 20.3 Å². The van der Waals surface area contributed by atoms with Crippen LogP contribution in [0.15, 0.2) is 48.7 Å². The van der Waals surface area contributed by atoms with Crippen LogP contribution in [0.3, 0.4) is 0 Å². The predicted molar refractivity (Wildman–Crippen MR) is 278 cm³/mol. The Kier molecular flexibility index (Phi) is 14.7. The maximum atomic E-state index is 14.4. The summed E-state index contributed by atoms with van der Waals surface area (Å²) >= 11 is 1.51. The van der Waals surface area contributed by atoms with Crippen LogP contribution in [0.4, 0.5) is 22.6 Å². The fourth-order valence-corrected chi connectivity index (χ4v) is 14.0. The van der Waals surface area contributed by atoms with E-state index in [0.29, 0.717) is 46.6 Å². The van der Waals surface area contributed by atoms with Gasteiger partial charge in [0.05, 0.1) is 35.4 Å². The molecule has 0 unspecified atom stereocenters. The van der Waals surface area contributed by atoms with Gasteiger partial charge in [-0.2, -0.15) is 5.10 Å². The average molecular weight is 1040 g/mol. The highest BCUT2D eigenvalue weighted by Gasteiger charge is 2.51. The van der Waals surface area contributed by atoms with Crippen LogP contribution in [0.2, 0.25) is 0 Å². The Morgan fingerprint density at radius 3 is 2.32 bits per heavy atom. The van der Waals surface area contributed by atoms with Gasteiger partial charge < -0.3 is 30.3 Å². The molecule has 0 spiro atoms. The number of rotatable bonds is 18. The molecule has 4 N–H and O–H groups in total. The number of aliphatic hydroxyl groups is 1. The number of aromatic nitrogens is 6. The summed E-state index contributed by atoms with van der Waals surface area (Å²) in [4.78, 5) is 66.1. The lowest BCUT2D eigenvalue weighted by Crippen LogP contribution is -2.56. The van der Waals surface area contributed by atoms with Crippen LogP contribution >= 0.6 is 11.3 Å². The molecule has 4 aliphatic carbocycles. The summed E-state index contributed by atoms with van der Waals surface area (Å²) in [5.74, 6) is 0.786. The quantitative estimate of drug-likeness (QED) is 0.0511. The Morgan fingerprint density at radius 2 is 1.64 bits per heavy atom. The minimum Gasteiger partial charge on any atom is -0.467 e. The predicted octanol–water partition coefficient (Wildman–Crippen LogP) is 6.98. The Balaban J connectivity index is 0.882. The Bertz CT molecular complexity index is 2950. The summed E-state index contributed by atoms with van der Waals surface area (Å²) in [6, 6.07) is 11.3. The monoisotopic (exact) mass is 1040 g/mol. The van der Waals surface area contributed by atoms with Crippen molar-refractivity contribution in [2.45, 2.75) is 130 Å². The number of nitrogens with zero attached hydrogens (tertiary/aromatic N) is 8. The number of methoxy groups -OCH3 is 1. The number of fused-ring (bicyclic) bond motifs is 1. The van der Waals surface area contributed by atoms with E-state index in [9.17, 15) is 32.7 Å². The van der Waals surface area contributed by atoms with Crippen LogP contribution in [-0.4, -0.2) is 117 Å². The van der Waals surface area contributed by atoms with Crippen molar-refractivity contribution in [2.24, 2.45) is 28.6 Å². The zero-order chi connectivity index (χ0) is 52.0. The highest BCUT2D eigenvalue weighted by Crippen LogP contribution is 2.60. The molecule has 3 amide bonds. The van der Waals surface area contributed by atoms with E-state index in [1.165, 1.54) is 61.9 Å². The summed E-state index contributed by atoms with van der Waals surface area (Å²) in [6.45, 7) is 10.00. The van der Waals surface area contributed by atoms with E-state index >= 15 is 0 Å². The van der Waals surface area contributed by atoms with Crippen molar-refractivity contribution < 1.29 is 37.4 Å². The van der Waals surface area contributed by atoms with E-state index < -0.39 is 57.3 Å². The number of pyridine rings is 1. The van der Waals surface area contributed by atoms with E-state index in [4.69, 9.17) is 14.8 Å². The Morgan fingerprint density at radius 1 is 0.932 bits per heavy atom. The maximum absolute atomic E-state index is 14.4. The van der Waals surface area contributed by atoms with Crippen LogP contribution in [0.25, 0.3) is 21.3 Å². The molecule has 5 aromatic rings. The van der Waals surface area contributed by atoms with Crippen LogP contribution in [0.5, 0.6) is 0 Å². The van der Waals surface area contributed by atoms with E-state index in [2.05, 4.69) is 35.2 Å². The van der Waals surface area contributed by atoms with Gasteiger partial charge in [0.1, 0.15) is 23.6 Å². The average Bonchev–Trinajstić information content (AvgIpc) is 4.04. The standard InChI is InChI=1S/C52H67N11O8S2/c1-30-19-42(58-59-46(30)57-50-54-38-13-10-11-14-40(38)72-50)61(6)41-17-16-36(37-27-53-63(31(37)2)29-52-24-32-20-33(25-52)22-34(21-32)26-52)44(55-41)47(66)60-73(69,70)18-12-8-9-15-43(65)56-45(51(3,4)5)48(67)62-28-35(64)23-39(62)49(68)71-7/h10-11,13-14,16-17,19,27,32-35,39,45,64H,8-9,12,15,18,20-26,28-29H2,1-7H3,(H,56,65)(H,60,66)(H,54,57,59)/t32?,33?,34?,35-,39+,45-,52?/m1/s1. The lowest BCUT2D eigenvalue weighted by atomic mass is 9.49. The molecule has 21 heteroatoms. The van der Waals surface area contributed by atoms with Crippen molar-refractivity contribution in [3.63, 3.8) is 0 Å². The number of ether oxygens (including phenoxy) is 1. The number of anilines is 4.